The van der Waals surface area contributed by atoms with Gasteiger partial charge in [-0.2, -0.15) is 0 Å². The molecule has 0 aliphatic heterocycles. The Morgan fingerprint density at radius 2 is 1.65 bits per heavy atom. The Bertz CT molecular complexity index is 1390. The van der Waals surface area contributed by atoms with Crippen LogP contribution in [-0.4, -0.2) is 27.1 Å². The molecule has 0 fully saturated rings. The van der Waals surface area contributed by atoms with E-state index in [1.807, 2.05) is 43.3 Å². The molecule has 2 N–H and O–H groups in total. The number of hydrogen-bond acceptors (Lipinski definition) is 5. The van der Waals surface area contributed by atoms with Crippen molar-refractivity contribution in [3.63, 3.8) is 0 Å². The Kier molecular flexibility index (Phi) is 7.39. The maximum absolute atomic E-state index is 12.8. The largest absolute Gasteiger partial charge is 0.348 e. The van der Waals surface area contributed by atoms with E-state index in [4.69, 9.17) is 0 Å². The van der Waals surface area contributed by atoms with Gasteiger partial charge in [0.1, 0.15) is 0 Å². The predicted molar refractivity (Wildman–Crippen MR) is 135 cm³/mol. The van der Waals surface area contributed by atoms with Crippen LogP contribution in [-0.2, 0) is 17.9 Å². The van der Waals surface area contributed by atoms with Gasteiger partial charge in [0.15, 0.2) is 5.16 Å². The van der Waals surface area contributed by atoms with E-state index in [-0.39, 0.29) is 23.1 Å². The van der Waals surface area contributed by atoms with Crippen LogP contribution in [0.15, 0.2) is 88.8 Å². The van der Waals surface area contributed by atoms with Gasteiger partial charge >= 0.3 is 0 Å². The number of para-hydroxylation sites is 2. The molecule has 0 aliphatic carbocycles. The zero-order valence-corrected chi connectivity index (χ0v) is 19.5. The first-order valence-electron chi connectivity index (χ1n) is 10.9. The van der Waals surface area contributed by atoms with Crippen LogP contribution in [0.2, 0.25) is 0 Å². The second-order valence-electron chi connectivity index (χ2n) is 7.51. The van der Waals surface area contributed by atoms with Gasteiger partial charge in [-0.1, -0.05) is 66.4 Å². The van der Waals surface area contributed by atoms with Crippen molar-refractivity contribution < 1.29 is 9.59 Å². The smallest absolute Gasteiger partial charge is 0.262 e. The highest BCUT2D eigenvalue weighted by Crippen LogP contribution is 2.20. The fourth-order valence-corrected chi connectivity index (χ4v) is 4.38. The van der Waals surface area contributed by atoms with Gasteiger partial charge in [0.05, 0.1) is 27.9 Å². The first kappa shape index (κ1) is 23.3. The van der Waals surface area contributed by atoms with Crippen molar-refractivity contribution >= 4 is 40.2 Å². The van der Waals surface area contributed by atoms with Crippen LogP contribution in [0.25, 0.3) is 10.9 Å². The van der Waals surface area contributed by atoms with Crippen molar-refractivity contribution in [3.8, 4) is 0 Å². The highest BCUT2D eigenvalue weighted by molar-refractivity contribution is 7.99. The quantitative estimate of drug-likeness (QED) is 0.298. The van der Waals surface area contributed by atoms with Gasteiger partial charge in [0.2, 0.25) is 5.91 Å². The first-order valence-corrected chi connectivity index (χ1v) is 11.9. The summed E-state index contributed by atoms with van der Waals surface area (Å²) in [5, 5.41) is 6.73. The molecular weight excluding hydrogens is 448 g/mol. The molecule has 4 rings (SSSR count). The third-order valence-corrected chi connectivity index (χ3v) is 6.19. The molecule has 172 valence electrons. The molecule has 0 unspecified atom stereocenters. The van der Waals surface area contributed by atoms with Crippen molar-refractivity contribution in [2.45, 2.75) is 25.2 Å². The Balaban J connectivity index is 1.44. The SMILES string of the molecule is CCn1c(SCC(=O)Nc2ccccc2C(=O)NCc2ccccc2)nc2ccccc2c1=O. The minimum Gasteiger partial charge on any atom is -0.348 e. The number of rotatable bonds is 8. The van der Waals surface area contributed by atoms with Crippen molar-refractivity contribution in [1.29, 1.82) is 0 Å². The van der Waals surface area contributed by atoms with Gasteiger partial charge in [0, 0.05) is 13.1 Å². The van der Waals surface area contributed by atoms with Gasteiger partial charge in [-0.25, -0.2) is 4.98 Å². The molecule has 0 saturated carbocycles. The minimum absolute atomic E-state index is 0.0464. The molecule has 1 aromatic heterocycles. The third kappa shape index (κ3) is 5.35. The van der Waals surface area contributed by atoms with E-state index in [1.165, 1.54) is 11.8 Å². The van der Waals surface area contributed by atoms with Crippen LogP contribution in [0.1, 0.15) is 22.8 Å². The Labute approximate surface area is 201 Å². The van der Waals surface area contributed by atoms with Gasteiger partial charge in [0.25, 0.3) is 11.5 Å². The summed E-state index contributed by atoms with van der Waals surface area (Å²) < 4.78 is 1.56. The molecule has 2 amide bonds. The highest BCUT2D eigenvalue weighted by atomic mass is 32.2. The number of anilines is 1. The molecule has 1 heterocycles. The summed E-state index contributed by atoms with van der Waals surface area (Å²) >= 11 is 1.19. The Morgan fingerprint density at radius 1 is 0.941 bits per heavy atom. The molecule has 0 radical (unpaired) electrons. The van der Waals surface area contributed by atoms with Crippen molar-refractivity contribution in [3.05, 3.63) is 100 Å². The monoisotopic (exact) mass is 472 g/mol. The number of hydrogen-bond donors (Lipinski definition) is 2. The van der Waals surface area contributed by atoms with E-state index in [0.29, 0.717) is 40.4 Å². The summed E-state index contributed by atoms with van der Waals surface area (Å²) in [6.45, 7) is 2.71. The van der Waals surface area contributed by atoms with E-state index in [9.17, 15) is 14.4 Å². The third-order valence-electron chi connectivity index (χ3n) is 5.22. The topological polar surface area (TPSA) is 93.1 Å². The molecular formula is C26H24N4O3S. The number of carbonyl (C=O) groups excluding carboxylic acids is 2. The number of carbonyl (C=O) groups is 2. The highest BCUT2D eigenvalue weighted by Gasteiger charge is 2.15. The Morgan fingerprint density at radius 3 is 2.44 bits per heavy atom. The number of amides is 2. The van der Waals surface area contributed by atoms with Crippen LogP contribution in [0.5, 0.6) is 0 Å². The maximum atomic E-state index is 12.8. The lowest BCUT2D eigenvalue weighted by molar-refractivity contribution is -0.113. The lowest BCUT2D eigenvalue weighted by atomic mass is 10.1. The van der Waals surface area contributed by atoms with Crippen LogP contribution >= 0.6 is 11.8 Å². The summed E-state index contributed by atoms with van der Waals surface area (Å²) in [5.41, 5.74) is 2.26. The lowest BCUT2D eigenvalue weighted by Gasteiger charge is -2.13. The summed E-state index contributed by atoms with van der Waals surface area (Å²) in [6.07, 6.45) is 0. The average molecular weight is 473 g/mol. The number of fused-ring (bicyclic) bond motifs is 1. The molecule has 0 aliphatic rings. The van der Waals surface area contributed by atoms with E-state index in [0.717, 1.165) is 5.56 Å². The first-order chi connectivity index (χ1) is 16.6. The van der Waals surface area contributed by atoms with Gasteiger partial charge < -0.3 is 10.6 Å². The summed E-state index contributed by atoms with van der Waals surface area (Å²) in [5.74, 6) is -0.521. The van der Waals surface area contributed by atoms with Gasteiger partial charge in [-0.05, 0) is 36.8 Å². The number of aromatic nitrogens is 2. The molecule has 0 bridgehead atoms. The fraction of sp³-hybridized carbons (Fsp3) is 0.154. The minimum atomic E-state index is -0.293. The summed E-state index contributed by atoms with van der Waals surface area (Å²) in [7, 11) is 0. The van der Waals surface area contributed by atoms with Crippen molar-refractivity contribution in [2.75, 3.05) is 11.1 Å². The van der Waals surface area contributed by atoms with Crippen molar-refractivity contribution in [1.82, 2.24) is 14.9 Å². The standard InChI is InChI=1S/C26H24N4O3S/c1-2-30-25(33)20-13-7-9-15-22(20)29-26(30)34-17-23(31)28-21-14-8-6-12-19(21)24(32)27-16-18-10-4-3-5-11-18/h3-15H,2,16-17H2,1H3,(H,27,32)(H,28,31). The maximum Gasteiger partial charge on any atom is 0.262 e. The lowest BCUT2D eigenvalue weighted by Crippen LogP contribution is -2.25. The van der Waals surface area contributed by atoms with Gasteiger partial charge in [-0.3, -0.25) is 19.0 Å². The van der Waals surface area contributed by atoms with Gasteiger partial charge in [-0.15, -0.1) is 0 Å². The van der Waals surface area contributed by atoms with E-state index in [2.05, 4.69) is 15.6 Å². The van der Waals surface area contributed by atoms with Crippen molar-refractivity contribution in [2.24, 2.45) is 0 Å². The Hall–Kier alpha value is -3.91. The van der Waals surface area contributed by atoms with E-state index in [1.54, 1.807) is 47.0 Å². The number of thioether (sulfide) groups is 1. The zero-order valence-electron chi connectivity index (χ0n) is 18.7. The molecule has 3 aromatic carbocycles. The molecule has 7 nitrogen and oxygen atoms in total. The molecule has 8 heteroatoms. The molecule has 0 spiro atoms. The van der Waals surface area contributed by atoms with Crippen LogP contribution < -0.4 is 16.2 Å². The second kappa shape index (κ2) is 10.8. The second-order valence-corrected chi connectivity index (χ2v) is 8.45. The molecule has 0 atom stereocenters. The van der Waals surface area contributed by atoms with E-state index < -0.39 is 0 Å². The average Bonchev–Trinajstić information content (AvgIpc) is 2.87. The molecule has 34 heavy (non-hydrogen) atoms. The predicted octanol–water partition coefficient (Wildman–Crippen LogP) is 4.08. The fourth-order valence-electron chi connectivity index (χ4n) is 3.52. The van der Waals surface area contributed by atoms with Crippen LogP contribution in [0.4, 0.5) is 5.69 Å². The molecule has 0 saturated heterocycles. The van der Waals surface area contributed by atoms with Crippen LogP contribution in [0.3, 0.4) is 0 Å². The van der Waals surface area contributed by atoms with Crippen LogP contribution in [0, 0.1) is 0 Å². The number of nitrogens with one attached hydrogen (secondary N) is 2. The van der Waals surface area contributed by atoms with E-state index >= 15 is 0 Å². The normalized spacial score (nSPS) is 10.7. The molecule has 4 aromatic rings. The zero-order chi connectivity index (χ0) is 23.9. The number of benzene rings is 3. The summed E-state index contributed by atoms with van der Waals surface area (Å²) in [6, 6.07) is 23.6. The summed E-state index contributed by atoms with van der Waals surface area (Å²) in [4.78, 5) is 42.8. The number of nitrogens with zero attached hydrogens (tertiary/aromatic N) is 2.